The van der Waals surface area contributed by atoms with Crippen LogP contribution in [0, 0.1) is 0 Å². The lowest BCUT2D eigenvalue weighted by Gasteiger charge is -2.16. The third kappa shape index (κ3) is 9.45. The number of rotatable bonds is 10. The molecule has 0 aliphatic rings. The van der Waals surface area contributed by atoms with Gasteiger partial charge < -0.3 is 0 Å². The molecule has 2 atom stereocenters. The van der Waals surface area contributed by atoms with E-state index in [0.29, 0.717) is 0 Å². The lowest BCUT2D eigenvalue weighted by Crippen LogP contribution is -2.14. The Morgan fingerprint density at radius 3 is 1.53 bits per heavy atom. The minimum atomic E-state index is 0.718. The van der Waals surface area contributed by atoms with E-state index in [9.17, 15) is 0 Å². The van der Waals surface area contributed by atoms with Gasteiger partial charge in [0.15, 0.2) is 0 Å². The largest absolute Gasteiger partial charge is 0.178 e. The first-order valence-corrected chi connectivity index (χ1v) is 9.82. The SMILES string of the molecule is CCSC(CS)CSCC(CS)SCC. The summed E-state index contributed by atoms with van der Waals surface area (Å²) in [6.45, 7) is 4.43. The quantitative estimate of drug-likeness (QED) is 0.589. The molecule has 0 aromatic carbocycles. The Kier molecular flexibility index (Phi) is 13.6. The van der Waals surface area contributed by atoms with Gasteiger partial charge in [0, 0.05) is 33.5 Å². The van der Waals surface area contributed by atoms with E-state index in [1.54, 1.807) is 0 Å². The molecule has 0 saturated carbocycles. The molecule has 0 amide bonds. The van der Waals surface area contributed by atoms with Gasteiger partial charge in [-0.05, 0) is 11.5 Å². The molecule has 0 saturated heterocycles. The van der Waals surface area contributed by atoms with Gasteiger partial charge in [0.2, 0.25) is 0 Å². The Morgan fingerprint density at radius 1 is 0.867 bits per heavy atom. The normalized spacial score (nSPS) is 15.2. The second-order valence-corrected chi connectivity index (χ2v) is 8.02. The van der Waals surface area contributed by atoms with E-state index in [1.807, 2.05) is 23.5 Å². The van der Waals surface area contributed by atoms with Gasteiger partial charge in [-0.3, -0.25) is 0 Å². The van der Waals surface area contributed by atoms with Crippen molar-refractivity contribution < 1.29 is 0 Å². The van der Waals surface area contributed by atoms with Gasteiger partial charge in [0.25, 0.3) is 0 Å². The summed E-state index contributed by atoms with van der Waals surface area (Å²) in [5.41, 5.74) is 0. The van der Waals surface area contributed by atoms with Crippen LogP contribution in [-0.2, 0) is 0 Å². The summed E-state index contributed by atoms with van der Waals surface area (Å²) < 4.78 is 0. The molecule has 0 bridgehead atoms. The van der Waals surface area contributed by atoms with Crippen molar-refractivity contribution in [3.8, 4) is 0 Å². The van der Waals surface area contributed by atoms with E-state index < -0.39 is 0 Å². The summed E-state index contributed by atoms with van der Waals surface area (Å²) in [5.74, 6) is 6.86. The molecule has 0 nitrogen and oxygen atoms in total. The molecule has 92 valence electrons. The Balaban J connectivity index is 3.55. The maximum atomic E-state index is 4.38. The van der Waals surface area contributed by atoms with Crippen molar-refractivity contribution >= 4 is 60.5 Å². The van der Waals surface area contributed by atoms with Crippen LogP contribution < -0.4 is 0 Å². The monoisotopic (exact) mass is 302 g/mol. The highest BCUT2D eigenvalue weighted by atomic mass is 32.2. The standard InChI is InChI=1S/C10H22S5/c1-3-14-9(5-11)7-13-8-10(6-12)15-4-2/h9-12H,3-8H2,1-2H3. The summed E-state index contributed by atoms with van der Waals surface area (Å²) in [6, 6.07) is 0. The van der Waals surface area contributed by atoms with Crippen molar-refractivity contribution in [2.75, 3.05) is 34.5 Å². The van der Waals surface area contributed by atoms with Gasteiger partial charge in [0.05, 0.1) is 0 Å². The molecule has 0 spiro atoms. The van der Waals surface area contributed by atoms with Gasteiger partial charge in [-0.15, -0.1) is 0 Å². The van der Waals surface area contributed by atoms with Gasteiger partial charge in [-0.25, -0.2) is 0 Å². The molecular formula is C10H22S5. The van der Waals surface area contributed by atoms with Crippen LogP contribution in [0.2, 0.25) is 0 Å². The highest BCUT2D eigenvalue weighted by Gasteiger charge is 2.10. The average molecular weight is 303 g/mol. The van der Waals surface area contributed by atoms with E-state index in [-0.39, 0.29) is 0 Å². The minimum absolute atomic E-state index is 0.718. The number of hydrogen-bond acceptors (Lipinski definition) is 5. The summed E-state index contributed by atoms with van der Waals surface area (Å²) >= 11 is 14.9. The Morgan fingerprint density at radius 2 is 1.27 bits per heavy atom. The second kappa shape index (κ2) is 12.2. The third-order valence-electron chi connectivity index (χ3n) is 1.82. The topological polar surface area (TPSA) is 0 Å². The molecule has 15 heavy (non-hydrogen) atoms. The van der Waals surface area contributed by atoms with E-state index in [4.69, 9.17) is 0 Å². The summed E-state index contributed by atoms with van der Waals surface area (Å²) in [4.78, 5) is 0. The first kappa shape index (κ1) is 16.8. The smallest absolute Gasteiger partial charge is 0.0226 e. The fourth-order valence-corrected chi connectivity index (χ4v) is 5.75. The van der Waals surface area contributed by atoms with Crippen molar-refractivity contribution in [3.05, 3.63) is 0 Å². The fourth-order valence-electron chi connectivity index (χ4n) is 1.11. The molecule has 0 N–H and O–H groups in total. The maximum Gasteiger partial charge on any atom is 0.0226 e. The number of thioether (sulfide) groups is 3. The Labute approximate surface area is 119 Å². The molecule has 0 fully saturated rings. The molecule has 0 aromatic heterocycles. The van der Waals surface area contributed by atoms with Crippen molar-refractivity contribution in [2.24, 2.45) is 0 Å². The number of hydrogen-bond donors (Lipinski definition) is 2. The lowest BCUT2D eigenvalue weighted by atomic mass is 10.5. The highest BCUT2D eigenvalue weighted by molar-refractivity contribution is 8.05. The first-order chi connectivity index (χ1) is 7.28. The summed E-state index contributed by atoms with van der Waals surface area (Å²) in [6.07, 6.45) is 0. The highest BCUT2D eigenvalue weighted by Crippen LogP contribution is 2.22. The number of thiol groups is 2. The second-order valence-electron chi connectivity index (χ2n) is 3.06. The summed E-state index contributed by atoms with van der Waals surface area (Å²) in [5, 5.41) is 1.44. The Bertz CT molecular complexity index is 117. The summed E-state index contributed by atoms with van der Waals surface area (Å²) in [7, 11) is 0. The average Bonchev–Trinajstić information content (AvgIpc) is 2.26. The predicted octanol–water partition coefficient (Wildman–Crippen LogP) is 3.82. The lowest BCUT2D eigenvalue weighted by molar-refractivity contribution is 1.12. The third-order valence-corrected chi connectivity index (χ3v) is 7.17. The van der Waals surface area contributed by atoms with E-state index in [2.05, 4.69) is 50.9 Å². The molecule has 0 aliphatic carbocycles. The van der Waals surface area contributed by atoms with Crippen molar-refractivity contribution in [2.45, 2.75) is 24.3 Å². The van der Waals surface area contributed by atoms with Crippen LogP contribution in [0.5, 0.6) is 0 Å². The van der Waals surface area contributed by atoms with Crippen LogP contribution in [0.4, 0.5) is 0 Å². The first-order valence-electron chi connectivity index (χ1n) is 5.31. The molecule has 2 unspecified atom stereocenters. The zero-order valence-electron chi connectivity index (χ0n) is 9.52. The maximum absolute atomic E-state index is 4.38. The van der Waals surface area contributed by atoms with Gasteiger partial charge in [0.1, 0.15) is 0 Å². The minimum Gasteiger partial charge on any atom is -0.178 e. The molecule has 5 heteroatoms. The molecule has 0 heterocycles. The van der Waals surface area contributed by atoms with Gasteiger partial charge >= 0.3 is 0 Å². The van der Waals surface area contributed by atoms with Crippen molar-refractivity contribution in [1.82, 2.24) is 0 Å². The van der Waals surface area contributed by atoms with Crippen LogP contribution in [0.25, 0.3) is 0 Å². The van der Waals surface area contributed by atoms with Crippen molar-refractivity contribution in [1.29, 1.82) is 0 Å². The molecular weight excluding hydrogens is 280 g/mol. The van der Waals surface area contributed by atoms with Crippen LogP contribution >= 0.6 is 60.5 Å². The zero-order chi connectivity index (χ0) is 11.5. The van der Waals surface area contributed by atoms with Crippen LogP contribution in [-0.4, -0.2) is 45.0 Å². The molecule has 0 radical (unpaired) electrons. The zero-order valence-corrected chi connectivity index (χ0v) is 13.8. The van der Waals surface area contributed by atoms with E-state index >= 15 is 0 Å². The van der Waals surface area contributed by atoms with E-state index in [0.717, 1.165) is 22.0 Å². The van der Waals surface area contributed by atoms with Gasteiger partial charge in [-0.1, -0.05) is 13.8 Å². The molecule has 0 aliphatic heterocycles. The van der Waals surface area contributed by atoms with Gasteiger partial charge in [-0.2, -0.15) is 60.5 Å². The van der Waals surface area contributed by atoms with Crippen LogP contribution in [0.3, 0.4) is 0 Å². The molecule has 0 aromatic rings. The predicted molar refractivity (Wildman–Crippen MR) is 88.9 cm³/mol. The van der Waals surface area contributed by atoms with Crippen LogP contribution in [0.15, 0.2) is 0 Å². The van der Waals surface area contributed by atoms with E-state index in [1.165, 1.54) is 23.0 Å². The molecule has 0 rings (SSSR count). The Hall–Kier alpha value is 1.75. The fraction of sp³-hybridized carbons (Fsp3) is 1.00. The van der Waals surface area contributed by atoms with Crippen LogP contribution in [0.1, 0.15) is 13.8 Å². The van der Waals surface area contributed by atoms with Crippen molar-refractivity contribution in [3.63, 3.8) is 0 Å².